The van der Waals surface area contributed by atoms with Gasteiger partial charge in [0.25, 0.3) is 0 Å². The van der Waals surface area contributed by atoms with E-state index in [4.69, 9.17) is 16.9 Å². The summed E-state index contributed by atoms with van der Waals surface area (Å²) in [6.45, 7) is 0.673. The van der Waals surface area contributed by atoms with E-state index in [-0.39, 0.29) is 0 Å². The average molecular weight is 258 g/mol. The van der Waals surface area contributed by atoms with Gasteiger partial charge in [-0.25, -0.2) is 4.98 Å². The Bertz CT molecular complexity index is 572. The second-order valence-corrected chi connectivity index (χ2v) is 4.35. The second kappa shape index (κ2) is 5.52. The van der Waals surface area contributed by atoms with Crippen LogP contribution in [0.2, 0.25) is 5.15 Å². The Morgan fingerprint density at radius 2 is 1.94 bits per heavy atom. The van der Waals surface area contributed by atoms with E-state index >= 15 is 0 Å². The molecule has 4 heteroatoms. The van der Waals surface area contributed by atoms with Crippen molar-refractivity contribution in [3.63, 3.8) is 0 Å². The van der Waals surface area contributed by atoms with Gasteiger partial charge in [0, 0.05) is 12.7 Å². The van der Waals surface area contributed by atoms with Crippen LogP contribution >= 0.6 is 11.6 Å². The Kier molecular flexibility index (Phi) is 3.81. The maximum Gasteiger partial charge on any atom is 0.129 e. The van der Waals surface area contributed by atoms with Gasteiger partial charge >= 0.3 is 0 Å². The first-order valence-corrected chi connectivity index (χ1v) is 5.89. The van der Waals surface area contributed by atoms with Gasteiger partial charge in [0.05, 0.1) is 23.9 Å². The molecule has 0 N–H and O–H groups in total. The van der Waals surface area contributed by atoms with Crippen molar-refractivity contribution in [1.29, 1.82) is 5.26 Å². The highest BCUT2D eigenvalue weighted by Gasteiger charge is 2.03. The zero-order valence-electron chi connectivity index (χ0n) is 9.97. The smallest absolute Gasteiger partial charge is 0.129 e. The fraction of sp³-hybridized carbons (Fsp3) is 0.143. The molecule has 18 heavy (non-hydrogen) atoms. The highest BCUT2D eigenvalue weighted by atomic mass is 35.5. The van der Waals surface area contributed by atoms with Gasteiger partial charge in [0.2, 0.25) is 0 Å². The third-order valence-corrected chi connectivity index (χ3v) is 2.82. The predicted molar refractivity (Wildman–Crippen MR) is 72.5 cm³/mol. The lowest BCUT2D eigenvalue weighted by molar-refractivity contribution is 0.885. The first-order valence-electron chi connectivity index (χ1n) is 5.52. The molecule has 0 aliphatic heterocycles. The number of nitriles is 1. The molecule has 0 aliphatic carbocycles. The highest BCUT2D eigenvalue weighted by molar-refractivity contribution is 6.29. The van der Waals surface area contributed by atoms with Gasteiger partial charge in [0.15, 0.2) is 0 Å². The van der Waals surface area contributed by atoms with Crippen LogP contribution in [-0.4, -0.2) is 12.0 Å². The molecule has 2 rings (SSSR count). The largest absolute Gasteiger partial charge is 0.369 e. The SMILES string of the molecule is CN(Cc1cccc(Cl)n1)c1ccc(C#N)cc1. The van der Waals surface area contributed by atoms with Gasteiger partial charge < -0.3 is 4.90 Å². The van der Waals surface area contributed by atoms with Gasteiger partial charge in [-0.1, -0.05) is 17.7 Å². The maximum atomic E-state index is 8.74. The van der Waals surface area contributed by atoms with E-state index in [0.717, 1.165) is 11.4 Å². The molecule has 0 fully saturated rings. The fourth-order valence-electron chi connectivity index (χ4n) is 1.66. The maximum absolute atomic E-state index is 8.74. The number of halogens is 1. The van der Waals surface area contributed by atoms with Crippen molar-refractivity contribution >= 4 is 17.3 Å². The quantitative estimate of drug-likeness (QED) is 0.793. The summed E-state index contributed by atoms with van der Waals surface area (Å²) in [7, 11) is 1.98. The Morgan fingerprint density at radius 3 is 2.56 bits per heavy atom. The molecule has 0 atom stereocenters. The van der Waals surface area contributed by atoms with E-state index in [1.165, 1.54) is 0 Å². The van der Waals surface area contributed by atoms with Crippen LogP contribution in [0.15, 0.2) is 42.5 Å². The molecule has 0 unspecified atom stereocenters. The highest BCUT2D eigenvalue weighted by Crippen LogP contribution is 2.16. The number of hydrogen-bond acceptors (Lipinski definition) is 3. The molecule has 0 aliphatic rings. The molecular formula is C14H12ClN3. The molecule has 0 amide bonds. The first kappa shape index (κ1) is 12.4. The number of nitrogens with zero attached hydrogens (tertiary/aromatic N) is 3. The van der Waals surface area contributed by atoms with E-state index in [9.17, 15) is 0 Å². The number of benzene rings is 1. The third kappa shape index (κ3) is 2.99. The second-order valence-electron chi connectivity index (χ2n) is 3.97. The summed E-state index contributed by atoms with van der Waals surface area (Å²) in [5.74, 6) is 0. The summed E-state index contributed by atoms with van der Waals surface area (Å²) >= 11 is 5.85. The third-order valence-electron chi connectivity index (χ3n) is 2.61. The fourth-order valence-corrected chi connectivity index (χ4v) is 1.84. The molecule has 0 bridgehead atoms. The molecule has 3 nitrogen and oxygen atoms in total. The lowest BCUT2D eigenvalue weighted by Gasteiger charge is -2.18. The van der Waals surface area contributed by atoms with Crippen LogP contribution in [0.1, 0.15) is 11.3 Å². The molecule has 2 aromatic rings. The monoisotopic (exact) mass is 257 g/mol. The van der Waals surface area contributed by atoms with Crippen LogP contribution in [0.5, 0.6) is 0 Å². The van der Waals surface area contributed by atoms with Crippen molar-refractivity contribution in [3.8, 4) is 6.07 Å². The summed E-state index contributed by atoms with van der Waals surface area (Å²) in [5.41, 5.74) is 2.61. The molecule has 0 radical (unpaired) electrons. The summed E-state index contributed by atoms with van der Waals surface area (Å²) < 4.78 is 0. The van der Waals surface area contributed by atoms with Crippen molar-refractivity contribution in [2.75, 3.05) is 11.9 Å². The molecular weight excluding hydrogens is 246 g/mol. The van der Waals surface area contributed by atoms with Gasteiger partial charge in [0.1, 0.15) is 5.15 Å². The van der Waals surface area contributed by atoms with Gasteiger partial charge in [-0.15, -0.1) is 0 Å². The average Bonchev–Trinajstić information content (AvgIpc) is 2.39. The molecule has 0 spiro atoms. The van der Waals surface area contributed by atoms with Crippen LogP contribution in [0.3, 0.4) is 0 Å². The van der Waals surface area contributed by atoms with Crippen molar-refractivity contribution in [2.24, 2.45) is 0 Å². The van der Waals surface area contributed by atoms with Crippen LogP contribution in [0, 0.1) is 11.3 Å². The van der Waals surface area contributed by atoms with Gasteiger partial charge in [-0.2, -0.15) is 5.26 Å². The zero-order chi connectivity index (χ0) is 13.0. The minimum absolute atomic E-state index is 0.501. The van der Waals surface area contributed by atoms with E-state index in [1.807, 2.05) is 31.3 Å². The van der Waals surface area contributed by atoms with Crippen molar-refractivity contribution < 1.29 is 0 Å². The van der Waals surface area contributed by atoms with Gasteiger partial charge in [-0.05, 0) is 36.4 Å². The molecule has 0 saturated heterocycles. The number of rotatable bonds is 3. The Labute approximate surface area is 111 Å². The van der Waals surface area contributed by atoms with E-state index in [2.05, 4.69) is 16.0 Å². The Morgan fingerprint density at radius 1 is 1.22 bits per heavy atom. The number of aromatic nitrogens is 1. The summed E-state index contributed by atoms with van der Waals surface area (Å²) in [4.78, 5) is 6.30. The van der Waals surface area contributed by atoms with Crippen LogP contribution in [0.4, 0.5) is 5.69 Å². The van der Waals surface area contributed by atoms with Crippen molar-refractivity contribution in [2.45, 2.75) is 6.54 Å². The molecule has 90 valence electrons. The minimum atomic E-state index is 0.501. The molecule has 0 saturated carbocycles. The Balaban J connectivity index is 2.12. The molecule has 1 aromatic carbocycles. The van der Waals surface area contributed by atoms with Crippen LogP contribution in [-0.2, 0) is 6.54 Å². The number of pyridine rings is 1. The van der Waals surface area contributed by atoms with E-state index < -0.39 is 0 Å². The van der Waals surface area contributed by atoms with Crippen LogP contribution in [0.25, 0.3) is 0 Å². The van der Waals surface area contributed by atoms with E-state index in [1.54, 1.807) is 18.2 Å². The number of anilines is 1. The van der Waals surface area contributed by atoms with Crippen LogP contribution < -0.4 is 4.90 Å². The Hall–Kier alpha value is -2.05. The number of hydrogen-bond donors (Lipinski definition) is 0. The lowest BCUT2D eigenvalue weighted by Crippen LogP contribution is -2.17. The van der Waals surface area contributed by atoms with E-state index in [0.29, 0.717) is 17.3 Å². The molecule has 1 aromatic heterocycles. The van der Waals surface area contributed by atoms with Gasteiger partial charge in [-0.3, -0.25) is 0 Å². The van der Waals surface area contributed by atoms with Crippen molar-refractivity contribution in [1.82, 2.24) is 4.98 Å². The summed E-state index contributed by atoms with van der Waals surface area (Å²) in [6, 6.07) is 15.1. The normalized spacial score (nSPS) is 9.83. The standard InChI is InChI=1S/C14H12ClN3/c1-18(10-12-3-2-4-14(15)17-12)13-7-5-11(9-16)6-8-13/h2-8H,10H2,1H3. The predicted octanol–water partition coefficient (Wildman–Crippen LogP) is 3.24. The minimum Gasteiger partial charge on any atom is -0.369 e. The summed E-state index contributed by atoms with van der Waals surface area (Å²) in [6.07, 6.45) is 0. The molecule has 1 heterocycles. The first-order chi connectivity index (χ1) is 8.69. The topological polar surface area (TPSA) is 39.9 Å². The zero-order valence-corrected chi connectivity index (χ0v) is 10.7. The summed E-state index contributed by atoms with van der Waals surface area (Å²) in [5, 5.41) is 9.25. The lowest BCUT2D eigenvalue weighted by atomic mass is 10.2. The van der Waals surface area contributed by atoms with Crippen molar-refractivity contribution in [3.05, 3.63) is 58.9 Å².